The Morgan fingerprint density at radius 3 is 2.90 bits per heavy atom. The van der Waals surface area contributed by atoms with Crippen LogP contribution in [0.5, 0.6) is 0 Å². The number of hydrogen-bond donors (Lipinski definition) is 1. The molecule has 0 aromatic heterocycles. The SMILES string of the molecule is CC1(C)CCCN(Cc2ccc(F)c(C#CCO)c2)C1. The van der Waals surface area contributed by atoms with E-state index in [0.717, 1.165) is 25.2 Å². The molecule has 1 aromatic rings. The molecule has 1 saturated heterocycles. The summed E-state index contributed by atoms with van der Waals surface area (Å²) in [5.74, 6) is 4.84. The minimum atomic E-state index is -0.325. The van der Waals surface area contributed by atoms with Crippen molar-refractivity contribution in [1.29, 1.82) is 0 Å². The Bertz CT molecular complexity index is 528. The highest BCUT2D eigenvalue weighted by atomic mass is 19.1. The number of rotatable bonds is 2. The summed E-state index contributed by atoms with van der Waals surface area (Å²) in [7, 11) is 0. The van der Waals surface area contributed by atoms with Crippen LogP contribution in [0, 0.1) is 23.1 Å². The van der Waals surface area contributed by atoms with E-state index >= 15 is 0 Å². The first-order chi connectivity index (χ1) is 9.50. The van der Waals surface area contributed by atoms with E-state index in [4.69, 9.17) is 5.11 Å². The largest absolute Gasteiger partial charge is 0.384 e. The number of hydrogen-bond acceptors (Lipinski definition) is 2. The molecule has 108 valence electrons. The third kappa shape index (κ3) is 4.06. The second kappa shape index (κ2) is 6.39. The van der Waals surface area contributed by atoms with Crippen molar-refractivity contribution in [3.8, 4) is 11.8 Å². The van der Waals surface area contributed by atoms with E-state index in [0.29, 0.717) is 11.0 Å². The molecular formula is C17H22FNO. The number of nitrogens with zero attached hydrogens (tertiary/aromatic N) is 1. The Kier molecular flexibility index (Phi) is 4.80. The number of halogens is 1. The number of aliphatic hydroxyl groups excluding tert-OH is 1. The van der Waals surface area contributed by atoms with Crippen LogP contribution >= 0.6 is 0 Å². The number of likely N-dealkylation sites (tertiary alicyclic amines) is 1. The van der Waals surface area contributed by atoms with E-state index < -0.39 is 0 Å². The van der Waals surface area contributed by atoms with Gasteiger partial charge in [-0.05, 0) is 42.5 Å². The lowest BCUT2D eigenvalue weighted by Crippen LogP contribution is -2.39. The van der Waals surface area contributed by atoms with Crippen molar-refractivity contribution in [3.05, 3.63) is 35.1 Å². The van der Waals surface area contributed by atoms with Crippen molar-refractivity contribution in [2.75, 3.05) is 19.7 Å². The first-order valence-corrected chi connectivity index (χ1v) is 7.11. The summed E-state index contributed by atoms with van der Waals surface area (Å²) in [6, 6.07) is 5.08. The van der Waals surface area contributed by atoms with Crippen LogP contribution in [-0.4, -0.2) is 29.7 Å². The highest BCUT2D eigenvalue weighted by Crippen LogP contribution is 2.29. The molecule has 1 heterocycles. The summed E-state index contributed by atoms with van der Waals surface area (Å²) < 4.78 is 13.6. The van der Waals surface area contributed by atoms with Gasteiger partial charge < -0.3 is 5.11 Å². The van der Waals surface area contributed by atoms with Gasteiger partial charge in [-0.2, -0.15) is 0 Å². The van der Waals surface area contributed by atoms with E-state index in [1.807, 2.05) is 6.07 Å². The van der Waals surface area contributed by atoms with E-state index in [1.54, 1.807) is 6.07 Å². The molecule has 0 bridgehead atoms. The first-order valence-electron chi connectivity index (χ1n) is 7.11. The van der Waals surface area contributed by atoms with Crippen molar-refractivity contribution in [1.82, 2.24) is 4.90 Å². The number of aliphatic hydroxyl groups is 1. The van der Waals surface area contributed by atoms with Crippen LogP contribution in [0.25, 0.3) is 0 Å². The number of benzene rings is 1. The second-order valence-electron chi connectivity index (χ2n) is 6.25. The summed E-state index contributed by atoms with van der Waals surface area (Å²) >= 11 is 0. The minimum Gasteiger partial charge on any atom is -0.384 e. The average molecular weight is 275 g/mol. The molecule has 1 aromatic carbocycles. The quantitative estimate of drug-likeness (QED) is 0.839. The summed E-state index contributed by atoms with van der Waals surface area (Å²) in [6.45, 7) is 7.34. The van der Waals surface area contributed by atoms with Gasteiger partial charge in [-0.1, -0.05) is 31.8 Å². The third-order valence-corrected chi connectivity index (χ3v) is 3.72. The topological polar surface area (TPSA) is 23.5 Å². The molecule has 0 atom stereocenters. The van der Waals surface area contributed by atoms with Crippen LogP contribution in [0.1, 0.15) is 37.8 Å². The summed E-state index contributed by atoms with van der Waals surface area (Å²) in [5.41, 5.74) is 1.80. The molecule has 3 heteroatoms. The molecule has 2 nitrogen and oxygen atoms in total. The molecule has 0 unspecified atom stereocenters. The maximum absolute atomic E-state index is 13.6. The van der Waals surface area contributed by atoms with Crippen molar-refractivity contribution < 1.29 is 9.50 Å². The minimum absolute atomic E-state index is 0.246. The van der Waals surface area contributed by atoms with Crippen LogP contribution in [0.15, 0.2) is 18.2 Å². The smallest absolute Gasteiger partial charge is 0.138 e. The summed E-state index contributed by atoms with van der Waals surface area (Å²) in [6.07, 6.45) is 2.48. The van der Waals surface area contributed by atoms with Crippen LogP contribution in [0.2, 0.25) is 0 Å². The van der Waals surface area contributed by atoms with Gasteiger partial charge in [-0.15, -0.1) is 0 Å². The lowest BCUT2D eigenvalue weighted by molar-refractivity contribution is 0.111. The highest BCUT2D eigenvalue weighted by Gasteiger charge is 2.26. The maximum atomic E-state index is 13.6. The molecule has 0 radical (unpaired) electrons. The zero-order valence-electron chi connectivity index (χ0n) is 12.2. The van der Waals surface area contributed by atoms with Gasteiger partial charge in [0.1, 0.15) is 12.4 Å². The van der Waals surface area contributed by atoms with Crippen molar-refractivity contribution in [3.63, 3.8) is 0 Å². The first kappa shape index (κ1) is 15.0. The highest BCUT2D eigenvalue weighted by molar-refractivity contribution is 5.38. The molecule has 2 rings (SSSR count). The molecule has 0 aliphatic carbocycles. The van der Waals surface area contributed by atoms with Gasteiger partial charge in [0, 0.05) is 13.1 Å². The second-order valence-corrected chi connectivity index (χ2v) is 6.25. The van der Waals surface area contributed by atoms with Gasteiger partial charge in [-0.25, -0.2) is 4.39 Å². The van der Waals surface area contributed by atoms with Crippen LogP contribution < -0.4 is 0 Å². The molecule has 0 amide bonds. The fraction of sp³-hybridized carbons (Fsp3) is 0.529. The van der Waals surface area contributed by atoms with Crippen LogP contribution in [-0.2, 0) is 6.54 Å². The summed E-state index contributed by atoms with van der Waals surface area (Å²) in [5, 5.41) is 8.70. The Hall–Kier alpha value is -1.37. The zero-order valence-corrected chi connectivity index (χ0v) is 12.2. The Balaban J connectivity index is 2.09. The molecule has 0 spiro atoms. The maximum Gasteiger partial charge on any atom is 0.138 e. The van der Waals surface area contributed by atoms with Crippen molar-refractivity contribution in [2.45, 2.75) is 33.2 Å². The van der Waals surface area contributed by atoms with Gasteiger partial charge >= 0.3 is 0 Å². The Labute approximate surface area is 120 Å². The fourth-order valence-corrected chi connectivity index (χ4v) is 2.84. The fourth-order valence-electron chi connectivity index (χ4n) is 2.84. The van der Waals surface area contributed by atoms with E-state index in [9.17, 15) is 4.39 Å². The molecule has 20 heavy (non-hydrogen) atoms. The van der Waals surface area contributed by atoms with Crippen LogP contribution in [0.4, 0.5) is 4.39 Å². The van der Waals surface area contributed by atoms with Crippen molar-refractivity contribution in [2.24, 2.45) is 5.41 Å². The number of piperidine rings is 1. The molecule has 0 saturated carbocycles. The zero-order chi connectivity index (χ0) is 14.6. The summed E-state index contributed by atoms with van der Waals surface area (Å²) in [4.78, 5) is 2.42. The lowest BCUT2D eigenvalue weighted by Gasteiger charge is -2.38. The Morgan fingerprint density at radius 1 is 1.40 bits per heavy atom. The third-order valence-electron chi connectivity index (χ3n) is 3.72. The standard InChI is InChI=1S/C17H22FNO/c1-17(2)8-4-9-19(13-17)12-14-6-7-16(18)15(11-14)5-3-10-20/h6-7,11,20H,4,8-10,12-13H2,1-2H3. The van der Waals surface area contributed by atoms with E-state index in [-0.39, 0.29) is 12.4 Å². The average Bonchev–Trinajstić information content (AvgIpc) is 2.38. The van der Waals surface area contributed by atoms with E-state index in [1.165, 1.54) is 18.9 Å². The Morgan fingerprint density at radius 2 is 2.20 bits per heavy atom. The normalized spacial score (nSPS) is 18.4. The predicted octanol–water partition coefficient (Wildman–Crippen LogP) is 2.79. The van der Waals surface area contributed by atoms with Gasteiger partial charge in [0.15, 0.2) is 0 Å². The van der Waals surface area contributed by atoms with E-state index in [2.05, 4.69) is 30.6 Å². The lowest BCUT2D eigenvalue weighted by atomic mass is 9.84. The van der Waals surface area contributed by atoms with Gasteiger partial charge in [0.25, 0.3) is 0 Å². The van der Waals surface area contributed by atoms with Crippen LogP contribution in [0.3, 0.4) is 0 Å². The van der Waals surface area contributed by atoms with Gasteiger partial charge in [0.05, 0.1) is 5.56 Å². The van der Waals surface area contributed by atoms with Gasteiger partial charge in [0.2, 0.25) is 0 Å². The molecule has 1 aliphatic rings. The van der Waals surface area contributed by atoms with Crippen molar-refractivity contribution >= 4 is 0 Å². The molecule has 1 N–H and O–H groups in total. The monoisotopic (exact) mass is 275 g/mol. The predicted molar refractivity (Wildman–Crippen MR) is 78.7 cm³/mol. The van der Waals surface area contributed by atoms with Gasteiger partial charge in [-0.3, -0.25) is 4.90 Å². The molecule has 1 fully saturated rings. The molecule has 1 aliphatic heterocycles. The molecular weight excluding hydrogens is 253 g/mol.